The molecule has 0 saturated heterocycles. The number of thiazole rings is 1. The summed E-state index contributed by atoms with van der Waals surface area (Å²) in [5, 5.41) is 7.56. The van der Waals surface area contributed by atoms with Gasteiger partial charge in [-0.15, -0.1) is 11.8 Å². The average molecular weight is 542 g/mol. The van der Waals surface area contributed by atoms with Crippen LogP contribution in [-0.4, -0.2) is 62.6 Å². The molecular formula is C19H23IN6OS2. The van der Waals surface area contributed by atoms with Gasteiger partial charge in [-0.3, -0.25) is 4.79 Å². The first-order valence-corrected chi connectivity index (χ1v) is 12.0. The first-order chi connectivity index (χ1) is 13.8. The van der Waals surface area contributed by atoms with Gasteiger partial charge in [0.25, 0.3) is 5.91 Å². The van der Waals surface area contributed by atoms with Gasteiger partial charge in [0.2, 0.25) is 5.95 Å². The lowest BCUT2D eigenvalue weighted by molar-refractivity contribution is 0.0828. The topological polar surface area (TPSA) is 83.0 Å². The lowest BCUT2D eigenvalue weighted by Gasteiger charge is -2.23. The Kier molecular flexibility index (Phi) is 7.17. The molecule has 0 saturated carbocycles. The monoisotopic (exact) mass is 542 g/mol. The van der Waals surface area contributed by atoms with Crippen molar-refractivity contribution in [3.8, 4) is 0 Å². The van der Waals surface area contributed by atoms with Gasteiger partial charge in [0.15, 0.2) is 5.13 Å². The molecule has 2 aromatic heterocycles. The normalized spacial score (nSPS) is 13.1. The Morgan fingerprint density at radius 2 is 1.93 bits per heavy atom. The minimum absolute atomic E-state index is 0.00602. The number of hydrogen-bond donors (Lipinski definition) is 2. The summed E-state index contributed by atoms with van der Waals surface area (Å²) in [6.45, 7) is 3.60. The molecule has 0 bridgehead atoms. The molecule has 2 heterocycles. The van der Waals surface area contributed by atoms with Crippen LogP contribution in [0.3, 0.4) is 0 Å². The summed E-state index contributed by atoms with van der Waals surface area (Å²) in [6.07, 6.45) is 5.64. The molecule has 0 radical (unpaired) electrons. The van der Waals surface area contributed by atoms with Gasteiger partial charge in [0, 0.05) is 50.0 Å². The van der Waals surface area contributed by atoms with E-state index in [1.807, 2.05) is 36.8 Å². The number of anilines is 2. The van der Waals surface area contributed by atoms with Gasteiger partial charge in [0.05, 0.1) is 13.6 Å². The Labute approximate surface area is 192 Å². The number of rotatable bonds is 8. The van der Waals surface area contributed by atoms with E-state index in [0.29, 0.717) is 18.1 Å². The Morgan fingerprint density at radius 1 is 1.24 bits per heavy atom. The first-order valence-electron chi connectivity index (χ1n) is 8.92. The summed E-state index contributed by atoms with van der Waals surface area (Å²) in [5.41, 5.74) is 1.57. The molecule has 0 aliphatic carbocycles. The molecule has 2 N–H and O–H groups in total. The Morgan fingerprint density at radius 3 is 2.59 bits per heavy atom. The van der Waals surface area contributed by atoms with Gasteiger partial charge in [-0.1, -0.05) is 33.9 Å². The predicted octanol–water partition coefficient (Wildman–Crippen LogP) is 4.23. The van der Waals surface area contributed by atoms with Crippen LogP contribution in [0.25, 0.3) is 10.2 Å². The number of nitrogens with zero attached hydrogens (tertiary/aromatic N) is 4. The highest BCUT2D eigenvalue weighted by atomic mass is 127. The Balaban J connectivity index is 1.60. The van der Waals surface area contributed by atoms with Crippen molar-refractivity contribution in [2.45, 2.75) is 15.2 Å². The van der Waals surface area contributed by atoms with E-state index in [1.54, 1.807) is 42.1 Å². The van der Waals surface area contributed by atoms with E-state index in [4.69, 9.17) is 0 Å². The summed E-state index contributed by atoms with van der Waals surface area (Å²) in [6, 6.07) is 5.62. The third-order valence-electron chi connectivity index (χ3n) is 4.13. The van der Waals surface area contributed by atoms with Crippen molar-refractivity contribution in [2.75, 3.05) is 44.1 Å². The molecule has 10 heteroatoms. The van der Waals surface area contributed by atoms with Crippen LogP contribution in [0.5, 0.6) is 0 Å². The Hall–Kier alpha value is -1.66. The lowest BCUT2D eigenvalue weighted by atomic mass is 10.2. The predicted molar refractivity (Wildman–Crippen MR) is 131 cm³/mol. The van der Waals surface area contributed by atoms with Crippen LogP contribution < -0.4 is 10.6 Å². The second-order valence-electron chi connectivity index (χ2n) is 6.97. The summed E-state index contributed by atoms with van der Waals surface area (Å²) in [5.74, 6) is 0.622. The minimum Gasteiger partial charge on any atom is -0.360 e. The van der Waals surface area contributed by atoms with Crippen LogP contribution in [-0.2, 0) is 0 Å². The highest BCUT2D eigenvalue weighted by Gasteiger charge is 2.21. The fourth-order valence-electron chi connectivity index (χ4n) is 2.49. The van der Waals surface area contributed by atoms with Gasteiger partial charge in [0.1, 0.15) is 0 Å². The van der Waals surface area contributed by atoms with Crippen molar-refractivity contribution in [2.24, 2.45) is 0 Å². The van der Waals surface area contributed by atoms with Gasteiger partial charge < -0.3 is 15.5 Å². The molecule has 0 aliphatic heterocycles. The first kappa shape index (κ1) is 22.0. The number of hydrogen-bond acceptors (Lipinski definition) is 8. The number of alkyl halides is 1. The van der Waals surface area contributed by atoms with E-state index >= 15 is 0 Å². The van der Waals surface area contributed by atoms with Crippen LogP contribution in [0.1, 0.15) is 17.3 Å². The summed E-state index contributed by atoms with van der Waals surface area (Å²) in [4.78, 5) is 28.1. The highest BCUT2D eigenvalue weighted by Crippen LogP contribution is 2.28. The maximum absolute atomic E-state index is 12.2. The van der Waals surface area contributed by atoms with Gasteiger partial charge in [-0.2, -0.15) is 0 Å². The number of benzene rings is 1. The zero-order valence-corrected chi connectivity index (χ0v) is 20.5. The summed E-state index contributed by atoms with van der Waals surface area (Å²) < 4.78 is 0.930. The molecular weight excluding hydrogens is 519 g/mol. The van der Waals surface area contributed by atoms with Crippen molar-refractivity contribution >= 4 is 72.9 Å². The van der Waals surface area contributed by atoms with Crippen LogP contribution >= 0.6 is 45.7 Å². The number of carbonyl (C=O) groups is 1. The van der Waals surface area contributed by atoms with Crippen molar-refractivity contribution < 1.29 is 4.79 Å². The van der Waals surface area contributed by atoms with Crippen molar-refractivity contribution in [1.29, 1.82) is 0 Å². The van der Waals surface area contributed by atoms with E-state index in [9.17, 15) is 4.79 Å². The molecule has 7 nitrogen and oxygen atoms in total. The largest absolute Gasteiger partial charge is 0.360 e. The van der Waals surface area contributed by atoms with Gasteiger partial charge >= 0.3 is 0 Å². The quantitative estimate of drug-likeness (QED) is 0.251. The van der Waals surface area contributed by atoms with E-state index in [-0.39, 0.29) is 9.33 Å². The summed E-state index contributed by atoms with van der Waals surface area (Å²) >= 11 is 5.60. The molecule has 1 atom stereocenters. The summed E-state index contributed by atoms with van der Waals surface area (Å²) in [7, 11) is 3.51. The number of nitrogens with one attached hydrogen (secondary N) is 2. The third-order valence-corrected chi connectivity index (χ3v) is 6.55. The van der Waals surface area contributed by atoms with Gasteiger partial charge in [-0.25, -0.2) is 15.0 Å². The van der Waals surface area contributed by atoms with Crippen LogP contribution in [0.4, 0.5) is 11.1 Å². The third kappa shape index (κ3) is 5.92. The van der Waals surface area contributed by atoms with E-state index in [0.717, 1.165) is 26.8 Å². The molecule has 0 aliphatic rings. The number of halogens is 1. The average Bonchev–Trinajstić information content (AvgIpc) is 3.13. The molecule has 0 fully saturated rings. The second-order valence-corrected chi connectivity index (χ2v) is 11.5. The van der Waals surface area contributed by atoms with Crippen LogP contribution in [0.15, 0.2) is 35.5 Å². The number of fused-ring (bicyclic) bond motifs is 1. The molecule has 0 unspecified atom stereocenters. The minimum atomic E-state index is -0.0663. The van der Waals surface area contributed by atoms with Crippen molar-refractivity contribution in [3.63, 3.8) is 0 Å². The number of amides is 1. The highest BCUT2D eigenvalue weighted by molar-refractivity contribution is 14.1. The smallest absolute Gasteiger partial charge is 0.253 e. The van der Waals surface area contributed by atoms with Crippen LogP contribution in [0.2, 0.25) is 0 Å². The standard InChI is InChI=1S/C19H23IN6OS2/c1-19(20,10-23-17-21-8-13(28-4)9-22-17)11-24-18-25-14-6-5-12(7-15(14)29-18)16(27)26(2)3/h5-9H,10-11H2,1-4H3,(H,24,25)(H,21,22,23)/t19-/m0/s1. The maximum atomic E-state index is 12.2. The number of carbonyl (C=O) groups excluding carboxylic acids is 1. The van der Waals surface area contributed by atoms with Crippen LogP contribution in [0, 0.1) is 0 Å². The van der Waals surface area contributed by atoms with Crippen molar-refractivity contribution in [1.82, 2.24) is 19.9 Å². The molecule has 0 spiro atoms. The maximum Gasteiger partial charge on any atom is 0.253 e. The lowest BCUT2D eigenvalue weighted by Crippen LogP contribution is -2.34. The zero-order valence-electron chi connectivity index (χ0n) is 16.7. The fourth-order valence-corrected chi connectivity index (χ4v) is 4.09. The van der Waals surface area contributed by atoms with E-state index < -0.39 is 0 Å². The second kappa shape index (κ2) is 9.43. The molecule has 1 amide bonds. The zero-order chi connectivity index (χ0) is 21.0. The van der Waals surface area contributed by atoms with Gasteiger partial charge in [-0.05, 0) is 31.4 Å². The molecule has 3 aromatic rings. The molecule has 1 aromatic carbocycles. The number of thioether (sulfide) groups is 1. The van der Waals surface area contributed by atoms with Crippen molar-refractivity contribution in [3.05, 3.63) is 36.2 Å². The molecule has 3 rings (SSSR count). The van der Waals surface area contributed by atoms with E-state index in [1.165, 1.54) is 0 Å². The molecule has 29 heavy (non-hydrogen) atoms. The van der Waals surface area contributed by atoms with E-state index in [2.05, 4.69) is 55.1 Å². The SMILES string of the molecule is CSc1cnc(NC[C@](C)(I)CNc2nc3ccc(C(=O)N(C)C)cc3s2)nc1. The number of aromatic nitrogens is 3. The fraction of sp³-hybridized carbons (Fsp3) is 0.368. The molecule has 154 valence electrons. The Bertz CT molecular complexity index is 990.